The Morgan fingerprint density at radius 3 is 2.77 bits per heavy atom. The van der Waals surface area contributed by atoms with Crippen molar-refractivity contribution in [1.82, 2.24) is 14.7 Å². The highest BCUT2D eigenvalue weighted by Gasteiger charge is 2.32. The summed E-state index contributed by atoms with van der Waals surface area (Å²) in [5.74, 6) is -0.500. The minimum atomic E-state index is -0.321. The number of carbonyl (C=O) groups excluding carboxylic acids is 1. The van der Waals surface area contributed by atoms with Gasteiger partial charge < -0.3 is 4.90 Å². The summed E-state index contributed by atoms with van der Waals surface area (Å²) in [6.07, 6.45) is 3.46. The third kappa shape index (κ3) is 3.35. The van der Waals surface area contributed by atoms with Crippen molar-refractivity contribution in [2.24, 2.45) is 0 Å². The van der Waals surface area contributed by atoms with Gasteiger partial charge in [0, 0.05) is 18.0 Å². The lowest BCUT2D eigenvalue weighted by Crippen LogP contribution is -2.38. The highest BCUT2D eigenvalue weighted by molar-refractivity contribution is 5.81. The normalized spacial score (nSPS) is 13.7. The molecular formula is C20H18FN3O2. The molecule has 1 aliphatic rings. The summed E-state index contributed by atoms with van der Waals surface area (Å²) in [5, 5.41) is 5.42. The molecule has 1 heterocycles. The number of hydrogen-bond acceptors (Lipinski definition) is 3. The lowest BCUT2D eigenvalue weighted by molar-refractivity contribution is -0.133. The molecule has 1 amide bonds. The first-order valence-corrected chi connectivity index (χ1v) is 8.60. The van der Waals surface area contributed by atoms with Crippen molar-refractivity contribution >= 4 is 16.7 Å². The van der Waals surface area contributed by atoms with Crippen LogP contribution in [0.4, 0.5) is 4.39 Å². The van der Waals surface area contributed by atoms with E-state index in [1.165, 1.54) is 16.8 Å². The number of aromatic nitrogens is 2. The molecular weight excluding hydrogens is 333 g/mol. The molecule has 132 valence electrons. The number of benzene rings is 2. The molecule has 0 bridgehead atoms. The van der Waals surface area contributed by atoms with Gasteiger partial charge in [0.25, 0.3) is 5.56 Å². The number of hydrogen-bond donors (Lipinski definition) is 0. The molecule has 1 aromatic heterocycles. The summed E-state index contributed by atoms with van der Waals surface area (Å²) in [6, 6.07) is 13.6. The second-order valence-electron chi connectivity index (χ2n) is 6.58. The standard InChI is InChI=1S/C20H18FN3O2/c21-16-6-3-4-14(10-16)12-23(17-8-9-17)19(25)13-24-20(26)18-7-2-1-5-15(18)11-22-24/h1-7,10-11,17H,8-9,12-13H2. The molecule has 0 atom stereocenters. The van der Waals surface area contributed by atoms with Gasteiger partial charge in [-0.1, -0.05) is 30.3 Å². The molecule has 0 aliphatic heterocycles. The Bertz CT molecular complexity index is 1030. The fourth-order valence-corrected chi connectivity index (χ4v) is 3.10. The molecule has 0 saturated heterocycles. The van der Waals surface area contributed by atoms with Crippen molar-refractivity contribution in [2.45, 2.75) is 32.0 Å². The van der Waals surface area contributed by atoms with Crippen LogP contribution in [-0.4, -0.2) is 26.6 Å². The predicted molar refractivity (Wildman–Crippen MR) is 96.0 cm³/mol. The van der Waals surface area contributed by atoms with Gasteiger partial charge >= 0.3 is 0 Å². The number of carbonyl (C=O) groups is 1. The van der Waals surface area contributed by atoms with Crippen LogP contribution in [0.3, 0.4) is 0 Å². The maximum absolute atomic E-state index is 13.4. The summed E-state index contributed by atoms with van der Waals surface area (Å²) in [7, 11) is 0. The fraction of sp³-hybridized carbons (Fsp3) is 0.250. The maximum atomic E-state index is 13.4. The van der Waals surface area contributed by atoms with E-state index >= 15 is 0 Å². The average molecular weight is 351 g/mol. The Morgan fingerprint density at radius 1 is 1.19 bits per heavy atom. The highest BCUT2D eigenvalue weighted by atomic mass is 19.1. The molecule has 5 nitrogen and oxygen atoms in total. The first-order chi connectivity index (χ1) is 12.6. The molecule has 1 aliphatic carbocycles. The Kier molecular flexibility index (Phi) is 4.24. The third-order valence-electron chi connectivity index (χ3n) is 4.60. The second-order valence-corrected chi connectivity index (χ2v) is 6.58. The van der Waals surface area contributed by atoms with E-state index in [4.69, 9.17) is 0 Å². The third-order valence-corrected chi connectivity index (χ3v) is 4.60. The second kappa shape index (κ2) is 6.71. The first kappa shape index (κ1) is 16.4. The molecule has 1 saturated carbocycles. The predicted octanol–water partition coefficient (Wildman–Crippen LogP) is 2.73. The summed E-state index contributed by atoms with van der Waals surface area (Å²) in [5.41, 5.74) is 0.460. The van der Waals surface area contributed by atoms with Gasteiger partial charge in [-0.25, -0.2) is 9.07 Å². The largest absolute Gasteiger partial charge is 0.334 e. The molecule has 6 heteroatoms. The van der Waals surface area contributed by atoms with Crippen LogP contribution in [0, 0.1) is 5.82 Å². The molecule has 0 unspecified atom stereocenters. The zero-order valence-corrected chi connectivity index (χ0v) is 14.1. The number of amides is 1. The highest BCUT2D eigenvalue weighted by Crippen LogP contribution is 2.28. The van der Waals surface area contributed by atoms with Gasteiger partial charge in [-0.05, 0) is 36.6 Å². The lowest BCUT2D eigenvalue weighted by Gasteiger charge is -2.23. The van der Waals surface area contributed by atoms with Crippen LogP contribution in [0.15, 0.2) is 59.5 Å². The van der Waals surface area contributed by atoms with Crippen LogP contribution >= 0.6 is 0 Å². The lowest BCUT2D eigenvalue weighted by atomic mass is 10.2. The van der Waals surface area contributed by atoms with Crippen molar-refractivity contribution in [3.8, 4) is 0 Å². The van der Waals surface area contributed by atoms with Gasteiger partial charge in [0.05, 0.1) is 11.6 Å². The number of halogens is 1. The van der Waals surface area contributed by atoms with E-state index in [-0.39, 0.29) is 29.9 Å². The summed E-state index contributed by atoms with van der Waals surface area (Å²) in [6.45, 7) is 0.221. The van der Waals surface area contributed by atoms with Crippen LogP contribution < -0.4 is 5.56 Å². The van der Waals surface area contributed by atoms with E-state index < -0.39 is 0 Å². The van der Waals surface area contributed by atoms with E-state index in [0.717, 1.165) is 23.8 Å². The van der Waals surface area contributed by atoms with Crippen molar-refractivity contribution in [1.29, 1.82) is 0 Å². The quantitative estimate of drug-likeness (QED) is 0.710. The first-order valence-electron chi connectivity index (χ1n) is 8.60. The summed E-state index contributed by atoms with van der Waals surface area (Å²) < 4.78 is 14.6. The molecule has 0 radical (unpaired) electrons. The molecule has 4 rings (SSSR count). The van der Waals surface area contributed by atoms with Gasteiger partial charge in [0.1, 0.15) is 12.4 Å². The van der Waals surface area contributed by atoms with Gasteiger partial charge in [-0.15, -0.1) is 0 Å². The Balaban J connectivity index is 1.57. The van der Waals surface area contributed by atoms with Gasteiger partial charge in [-0.2, -0.15) is 5.10 Å². The number of nitrogens with zero attached hydrogens (tertiary/aromatic N) is 3. The minimum absolute atomic E-state index is 0.116. The SMILES string of the molecule is O=C(Cn1ncc2ccccc2c1=O)N(Cc1cccc(F)c1)C1CC1. The fourth-order valence-electron chi connectivity index (χ4n) is 3.10. The Hall–Kier alpha value is -3.02. The number of rotatable bonds is 5. The molecule has 1 fully saturated rings. The molecule has 0 N–H and O–H groups in total. The molecule has 3 aromatic rings. The number of fused-ring (bicyclic) bond motifs is 1. The van der Waals surface area contributed by atoms with Crippen LogP contribution in [0.1, 0.15) is 18.4 Å². The monoisotopic (exact) mass is 351 g/mol. The van der Waals surface area contributed by atoms with Gasteiger partial charge in [0.15, 0.2) is 0 Å². The molecule has 26 heavy (non-hydrogen) atoms. The Morgan fingerprint density at radius 2 is 2.00 bits per heavy atom. The van der Waals surface area contributed by atoms with Crippen molar-refractivity contribution < 1.29 is 9.18 Å². The molecule has 2 aromatic carbocycles. The zero-order valence-electron chi connectivity index (χ0n) is 14.1. The van der Waals surface area contributed by atoms with Crippen LogP contribution in [0.5, 0.6) is 0 Å². The van der Waals surface area contributed by atoms with Crippen molar-refractivity contribution in [3.05, 3.63) is 76.5 Å². The van der Waals surface area contributed by atoms with E-state index in [9.17, 15) is 14.0 Å². The van der Waals surface area contributed by atoms with E-state index in [0.29, 0.717) is 11.9 Å². The van der Waals surface area contributed by atoms with Crippen LogP contribution in [-0.2, 0) is 17.9 Å². The van der Waals surface area contributed by atoms with Crippen LogP contribution in [0.25, 0.3) is 10.8 Å². The van der Waals surface area contributed by atoms with Gasteiger partial charge in [-0.3, -0.25) is 9.59 Å². The smallest absolute Gasteiger partial charge is 0.275 e. The van der Waals surface area contributed by atoms with Gasteiger partial charge in [0.2, 0.25) is 5.91 Å². The van der Waals surface area contributed by atoms with E-state index in [1.807, 2.05) is 12.1 Å². The average Bonchev–Trinajstić information content (AvgIpc) is 3.47. The van der Waals surface area contributed by atoms with Crippen molar-refractivity contribution in [3.63, 3.8) is 0 Å². The maximum Gasteiger partial charge on any atom is 0.275 e. The topological polar surface area (TPSA) is 55.2 Å². The minimum Gasteiger partial charge on any atom is -0.334 e. The van der Waals surface area contributed by atoms with E-state index in [2.05, 4.69) is 5.10 Å². The Labute approximate surface area is 149 Å². The zero-order chi connectivity index (χ0) is 18.1. The summed E-state index contributed by atoms with van der Waals surface area (Å²) >= 11 is 0. The summed E-state index contributed by atoms with van der Waals surface area (Å²) in [4.78, 5) is 27.1. The van der Waals surface area contributed by atoms with E-state index in [1.54, 1.807) is 35.4 Å². The molecule has 0 spiro atoms. The van der Waals surface area contributed by atoms with Crippen molar-refractivity contribution in [2.75, 3.05) is 0 Å². The van der Waals surface area contributed by atoms with Crippen LogP contribution in [0.2, 0.25) is 0 Å².